The first kappa shape index (κ1) is 15.1. The molecule has 106 valence electrons. The van der Waals surface area contributed by atoms with Crippen molar-refractivity contribution in [1.29, 1.82) is 0 Å². The Hall–Kier alpha value is -1.28. The summed E-state index contributed by atoms with van der Waals surface area (Å²) in [6, 6.07) is 13.4. The number of para-hydroxylation sites is 1. The van der Waals surface area contributed by atoms with Gasteiger partial charge in [-0.05, 0) is 52.4 Å². The lowest BCUT2D eigenvalue weighted by atomic mass is 10.1. The zero-order chi connectivity index (χ0) is 14.6. The molecule has 0 aliphatic carbocycles. The number of hydrazine groups is 1. The van der Waals surface area contributed by atoms with Crippen LogP contribution in [0.4, 0.5) is 18.9 Å². The van der Waals surface area contributed by atoms with E-state index in [2.05, 4.69) is 10.9 Å². The number of hydrogen-bond donors (Lipinski definition) is 2. The molecule has 2 nitrogen and oxygen atoms in total. The van der Waals surface area contributed by atoms with Gasteiger partial charge in [-0.25, -0.2) is 5.43 Å². The highest BCUT2D eigenvalue weighted by molar-refractivity contribution is 14.1. The van der Waals surface area contributed by atoms with E-state index >= 15 is 0 Å². The Kier molecular flexibility index (Phi) is 4.87. The molecule has 0 saturated carbocycles. The number of rotatable bonds is 4. The summed E-state index contributed by atoms with van der Waals surface area (Å²) in [6.45, 7) is 0.0862. The zero-order valence-electron chi connectivity index (χ0n) is 10.3. The van der Waals surface area contributed by atoms with E-state index in [4.69, 9.17) is 0 Å². The van der Waals surface area contributed by atoms with E-state index in [-0.39, 0.29) is 12.1 Å². The molecule has 0 radical (unpaired) electrons. The highest BCUT2D eigenvalue weighted by Crippen LogP contribution is 2.33. The van der Waals surface area contributed by atoms with Gasteiger partial charge in [-0.15, -0.1) is 0 Å². The van der Waals surface area contributed by atoms with Crippen LogP contribution in [0, 0.1) is 3.57 Å². The smallest absolute Gasteiger partial charge is 0.321 e. The molecule has 0 amide bonds. The van der Waals surface area contributed by atoms with Gasteiger partial charge >= 0.3 is 6.18 Å². The van der Waals surface area contributed by atoms with Gasteiger partial charge in [0.15, 0.2) is 0 Å². The van der Waals surface area contributed by atoms with Crippen LogP contribution in [-0.4, -0.2) is 0 Å². The summed E-state index contributed by atoms with van der Waals surface area (Å²) in [5.41, 5.74) is 6.13. The summed E-state index contributed by atoms with van der Waals surface area (Å²) in [4.78, 5) is 0. The molecule has 20 heavy (non-hydrogen) atoms. The molecule has 0 atom stereocenters. The topological polar surface area (TPSA) is 24.1 Å². The molecule has 2 N–H and O–H groups in total. The molecule has 6 heteroatoms. The first-order valence-electron chi connectivity index (χ1n) is 5.87. The summed E-state index contributed by atoms with van der Waals surface area (Å²) >= 11 is 1.91. The third-order valence-electron chi connectivity index (χ3n) is 2.70. The van der Waals surface area contributed by atoms with Gasteiger partial charge in [-0.2, -0.15) is 13.2 Å². The predicted octanol–water partition coefficient (Wildman–Crippen LogP) is 4.43. The summed E-state index contributed by atoms with van der Waals surface area (Å²) in [5.74, 6) is 0. The fourth-order valence-electron chi connectivity index (χ4n) is 1.76. The molecule has 0 saturated heterocycles. The van der Waals surface area contributed by atoms with Crippen LogP contribution in [0.25, 0.3) is 0 Å². The van der Waals surface area contributed by atoms with Gasteiger partial charge < -0.3 is 5.43 Å². The van der Waals surface area contributed by atoms with Crippen LogP contribution in [0.3, 0.4) is 0 Å². The van der Waals surface area contributed by atoms with Gasteiger partial charge in [0.1, 0.15) is 0 Å². The quantitative estimate of drug-likeness (QED) is 0.595. The lowest BCUT2D eigenvalue weighted by Crippen LogP contribution is -2.23. The van der Waals surface area contributed by atoms with E-state index in [0.29, 0.717) is 3.57 Å². The van der Waals surface area contributed by atoms with Crippen LogP contribution < -0.4 is 10.9 Å². The van der Waals surface area contributed by atoms with Gasteiger partial charge in [0.25, 0.3) is 0 Å². The lowest BCUT2D eigenvalue weighted by Gasteiger charge is -2.15. The van der Waals surface area contributed by atoms with Crippen LogP contribution in [0.5, 0.6) is 0 Å². The molecule has 2 aromatic carbocycles. The summed E-state index contributed by atoms with van der Waals surface area (Å²) < 4.78 is 39.4. The van der Waals surface area contributed by atoms with Gasteiger partial charge in [0, 0.05) is 15.8 Å². The molecule has 0 spiro atoms. The molecule has 0 aliphatic rings. The Morgan fingerprint density at radius 2 is 1.65 bits per heavy atom. The van der Waals surface area contributed by atoms with Gasteiger partial charge in [-0.1, -0.05) is 24.3 Å². The zero-order valence-corrected chi connectivity index (χ0v) is 12.5. The van der Waals surface area contributed by atoms with Crippen molar-refractivity contribution in [2.24, 2.45) is 0 Å². The molecule has 0 aliphatic heterocycles. The second-order valence-electron chi connectivity index (χ2n) is 4.11. The number of anilines is 1. The first-order valence-corrected chi connectivity index (χ1v) is 6.95. The Bertz CT molecular complexity index is 570. The molecule has 0 aromatic heterocycles. The molecule has 2 aromatic rings. The Morgan fingerprint density at radius 1 is 0.950 bits per heavy atom. The fourth-order valence-corrected chi connectivity index (χ4v) is 2.45. The average Bonchev–Trinajstić information content (AvgIpc) is 2.40. The van der Waals surface area contributed by atoms with Crippen molar-refractivity contribution in [3.05, 3.63) is 63.2 Å². The van der Waals surface area contributed by atoms with Crippen LogP contribution >= 0.6 is 22.6 Å². The minimum Gasteiger partial charge on any atom is -0.321 e. The third kappa shape index (κ3) is 3.86. The standard InChI is InChI=1S/C14H12F3IN2/c15-14(16,17)12-7-4-8-13(18)11(12)9-19-20-10-5-2-1-3-6-10/h1-8,19-20H,9H2. The van der Waals surface area contributed by atoms with Crippen molar-refractivity contribution in [1.82, 2.24) is 5.43 Å². The van der Waals surface area contributed by atoms with Gasteiger partial charge in [0.2, 0.25) is 0 Å². The van der Waals surface area contributed by atoms with Crippen molar-refractivity contribution in [2.75, 3.05) is 5.43 Å². The van der Waals surface area contributed by atoms with E-state index in [1.54, 1.807) is 6.07 Å². The fraction of sp³-hybridized carbons (Fsp3) is 0.143. The number of hydrogen-bond acceptors (Lipinski definition) is 2. The van der Waals surface area contributed by atoms with E-state index in [0.717, 1.165) is 11.8 Å². The number of benzene rings is 2. The van der Waals surface area contributed by atoms with Crippen molar-refractivity contribution < 1.29 is 13.2 Å². The molecular weight excluding hydrogens is 380 g/mol. The largest absolute Gasteiger partial charge is 0.416 e. The lowest BCUT2D eigenvalue weighted by molar-refractivity contribution is -0.138. The maximum Gasteiger partial charge on any atom is 0.416 e. The van der Waals surface area contributed by atoms with Crippen molar-refractivity contribution in [3.8, 4) is 0 Å². The Labute approximate surface area is 128 Å². The molecule has 0 fully saturated rings. The number of nitrogens with one attached hydrogen (secondary N) is 2. The maximum absolute atomic E-state index is 12.9. The number of halogens is 4. The van der Waals surface area contributed by atoms with Crippen LogP contribution in [0.2, 0.25) is 0 Å². The summed E-state index contributed by atoms with van der Waals surface area (Å²) in [5, 5.41) is 0. The van der Waals surface area contributed by atoms with E-state index in [1.807, 2.05) is 52.9 Å². The van der Waals surface area contributed by atoms with Crippen molar-refractivity contribution in [2.45, 2.75) is 12.7 Å². The Balaban J connectivity index is 2.10. The predicted molar refractivity (Wildman–Crippen MR) is 81.1 cm³/mol. The van der Waals surface area contributed by atoms with E-state index < -0.39 is 11.7 Å². The second kappa shape index (κ2) is 6.45. The first-order chi connectivity index (χ1) is 9.48. The average molecular weight is 392 g/mol. The monoisotopic (exact) mass is 392 g/mol. The highest BCUT2D eigenvalue weighted by atomic mass is 127. The molecular formula is C14H12F3IN2. The third-order valence-corrected chi connectivity index (χ3v) is 3.71. The minimum absolute atomic E-state index is 0.0862. The molecule has 0 heterocycles. The van der Waals surface area contributed by atoms with Crippen molar-refractivity contribution in [3.63, 3.8) is 0 Å². The van der Waals surface area contributed by atoms with Crippen LogP contribution in [-0.2, 0) is 12.7 Å². The van der Waals surface area contributed by atoms with E-state index in [9.17, 15) is 13.2 Å². The van der Waals surface area contributed by atoms with Crippen LogP contribution in [0.1, 0.15) is 11.1 Å². The highest BCUT2D eigenvalue weighted by Gasteiger charge is 2.33. The minimum atomic E-state index is -4.34. The Morgan fingerprint density at radius 3 is 2.30 bits per heavy atom. The normalized spacial score (nSPS) is 11.4. The molecule has 0 bridgehead atoms. The number of alkyl halides is 3. The maximum atomic E-state index is 12.9. The SMILES string of the molecule is FC(F)(F)c1cccc(I)c1CNNc1ccccc1. The summed E-state index contributed by atoms with van der Waals surface area (Å²) in [7, 11) is 0. The summed E-state index contributed by atoms with van der Waals surface area (Å²) in [6.07, 6.45) is -4.34. The van der Waals surface area contributed by atoms with Gasteiger partial charge in [-0.3, -0.25) is 0 Å². The van der Waals surface area contributed by atoms with Crippen molar-refractivity contribution >= 4 is 28.3 Å². The molecule has 0 unspecified atom stereocenters. The van der Waals surface area contributed by atoms with E-state index in [1.165, 1.54) is 6.07 Å². The van der Waals surface area contributed by atoms with Gasteiger partial charge in [0.05, 0.1) is 5.56 Å². The molecule has 2 rings (SSSR count). The van der Waals surface area contributed by atoms with Crippen LogP contribution in [0.15, 0.2) is 48.5 Å². The second-order valence-corrected chi connectivity index (χ2v) is 5.27.